The first-order valence-electron chi connectivity index (χ1n) is 6.03. The van der Waals surface area contributed by atoms with Crippen molar-refractivity contribution >= 4 is 38.2 Å². The van der Waals surface area contributed by atoms with Crippen LogP contribution >= 0.6 is 11.6 Å². The molecule has 0 aliphatic carbocycles. The minimum absolute atomic E-state index is 0.802. The van der Waals surface area contributed by atoms with Crippen molar-refractivity contribution in [3.05, 3.63) is 66.2 Å². The summed E-state index contributed by atoms with van der Waals surface area (Å²) in [6.07, 6.45) is 1.94. The highest BCUT2D eigenvalue weighted by Crippen LogP contribution is 2.30. The van der Waals surface area contributed by atoms with Crippen molar-refractivity contribution in [2.45, 2.75) is 6.92 Å². The minimum atomic E-state index is 0.802. The Bertz CT molecular complexity index is 754. The molecule has 3 rings (SSSR count). The molecule has 0 saturated carbocycles. The van der Waals surface area contributed by atoms with E-state index in [-0.39, 0.29) is 0 Å². The number of fused-ring (bicyclic) bond motifs is 2. The van der Waals surface area contributed by atoms with E-state index in [0.717, 1.165) is 10.6 Å². The van der Waals surface area contributed by atoms with Gasteiger partial charge in [0.2, 0.25) is 0 Å². The molecule has 0 unspecified atom stereocenters. The number of rotatable bonds is 1. The van der Waals surface area contributed by atoms with E-state index in [1.807, 2.05) is 13.0 Å². The van der Waals surface area contributed by atoms with Gasteiger partial charge in [0.05, 0.1) is 0 Å². The Labute approximate surface area is 112 Å². The smallest absolute Gasteiger partial charge is 0.0441 e. The topological polar surface area (TPSA) is 0 Å². The zero-order valence-corrected chi connectivity index (χ0v) is 10.9. The second-order valence-electron chi connectivity index (χ2n) is 4.36. The van der Waals surface area contributed by atoms with Gasteiger partial charge >= 0.3 is 0 Å². The fraction of sp³-hybridized carbons (Fsp3) is 0.0588. The quantitative estimate of drug-likeness (QED) is 0.495. The van der Waals surface area contributed by atoms with Gasteiger partial charge in [-0.1, -0.05) is 60.1 Å². The summed E-state index contributed by atoms with van der Waals surface area (Å²) >= 11 is 6.28. The van der Waals surface area contributed by atoms with Gasteiger partial charge in [-0.05, 0) is 40.6 Å². The van der Waals surface area contributed by atoms with Crippen molar-refractivity contribution in [1.29, 1.82) is 0 Å². The fourth-order valence-electron chi connectivity index (χ4n) is 2.33. The van der Waals surface area contributed by atoms with Gasteiger partial charge in [0, 0.05) is 10.6 Å². The van der Waals surface area contributed by atoms with Crippen molar-refractivity contribution in [2.24, 2.45) is 0 Å². The summed E-state index contributed by atoms with van der Waals surface area (Å²) in [6.45, 7) is 1.96. The molecule has 0 nitrogen and oxygen atoms in total. The zero-order valence-electron chi connectivity index (χ0n) is 10.2. The second-order valence-corrected chi connectivity index (χ2v) is 4.77. The van der Waals surface area contributed by atoms with Gasteiger partial charge in [0.25, 0.3) is 0 Å². The zero-order chi connectivity index (χ0) is 12.5. The molecule has 0 radical (unpaired) electrons. The lowest BCUT2D eigenvalue weighted by Gasteiger charge is -2.07. The van der Waals surface area contributed by atoms with Crippen LogP contribution in [0.4, 0.5) is 0 Å². The van der Waals surface area contributed by atoms with E-state index in [9.17, 15) is 0 Å². The third-order valence-electron chi connectivity index (χ3n) is 3.26. The van der Waals surface area contributed by atoms with Gasteiger partial charge in [-0.25, -0.2) is 0 Å². The molecule has 0 fully saturated rings. The van der Waals surface area contributed by atoms with Crippen molar-refractivity contribution in [3.63, 3.8) is 0 Å². The molecule has 3 aromatic rings. The maximum atomic E-state index is 6.28. The van der Waals surface area contributed by atoms with Crippen LogP contribution in [0.1, 0.15) is 12.5 Å². The highest BCUT2D eigenvalue weighted by molar-refractivity contribution is 6.49. The summed E-state index contributed by atoms with van der Waals surface area (Å²) in [6, 6.07) is 19.1. The number of hydrogen-bond donors (Lipinski definition) is 0. The Morgan fingerprint density at radius 2 is 1.56 bits per heavy atom. The van der Waals surface area contributed by atoms with Gasteiger partial charge in [-0.15, -0.1) is 0 Å². The molecule has 0 bridgehead atoms. The van der Waals surface area contributed by atoms with E-state index in [1.165, 1.54) is 21.5 Å². The van der Waals surface area contributed by atoms with Gasteiger partial charge < -0.3 is 0 Å². The minimum Gasteiger partial charge on any atom is -0.0840 e. The summed E-state index contributed by atoms with van der Waals surface area (Å²) in [7, 11) is 0. The van der Waals surface area contributed by atoms with Gasteiger partial charge in [-0.3, -0.25) is 0 Å². The molecule has 88 valence electrons. The molecule has 0 atom stereocenters. The molecule has 3 aromatic carbocycles. The molecular formula is C17H13Cl. The second kappa shape index (κ2) is 4.47. The number of benzene rings is 3. The van der Waals surface area contributed by atoms with Gasteiger partial charge in [-0.2, -0.15) is 0 Å². The standard InChI is InChI=1S/C17H13Cl/c1-2-17(18)15-9-5-8-14-10-12-6-3-4-7-13(12)11-16(14)15/h2-11H,1H3/b17-2-. The van der Waals surface area contributed by atoms with E-state index >= 15 is 0 Å². The Balaban J connectivity index is 2.43. The largest absolute Gasteiger partial charge is 0.0840 e. The molecule has 0 aliphatic heterocycles. The SMILES string of the molecule is C/C=C(\Cl)c1cccc2cc3ccccc3cc12. The third kappa shape index (κ3) is 1.79. The predicted octanol–water partition coefficient (Wildman–Crippen LogP) is 5.59. The molecule has 0 aromatic heterocycles. The lowest BCUT2D eigenvalue weighted by molar-refractivity contribution is 1.69. The monoisotopic (exact) mass is 252 g/mol. The van der Waals surface area contributed by atoms with Crippen LogP contribution in [0.2, 0.25) is 0 Å². The van der Waals surface area contributed by atoms with Crippen LogP contribution in [0.5, 0.6) is 0 Å². The van der Waals surface area contributed by atoms with Gasteiger partial charge in [0.15, 0.2) is 0 Å². The Morgan fingerprint density at radius 3 is 2.28 bits per heavy atom. The van der Waals surface area contributed by atoms with Crippen LogP contribution in [0.25, 0.3) is 26.6 Å². The van der Waals surface area contributed by atoms with Crippen molar-refractivity contribution in [3.8, 4) is 0 Å². The molecule has 0 heterocycles. The normalized spacial score (nSPS) is 12.2. The molecule has 0 N–H and O–H groups in total. The maximum Gasteiger partial charge on any atom is 0.0441 e. The Morgan fingerprint density at radius 1 is 0.889 bits per heavy atom. The third-order valence-corrected chi connectivity index (χ3v) is 3.68. The number of halogens is 1. The van der Waals surface area contributed by atoms with Crippen LogP contribution in [-0.2, 0) is 0 Å². The molecule has 1 heteroatoms. The number of allylic oxidation sites excluding steroid dienone is 1. The number of hydrogen-bond acceptors (Lipinski definition) is 0. The van der Waals surface area contributed by atoms with E-state index in [4.69, 9.17) is 11.6 Å². The first-order chi connectivity index (χ1) is 8.79. The highest BCUT2D eigenvalue weighted by Gasteiger charge is 2.04. The van der Waals surface area contributed by atoms with Crippen LogP contribution in [0.15, 0.2) is 60.7 Å². The average molecular weight is 253 g/mol. The highest BCUT2D eigenvalue weighted by atomic mass is 35.5. The summed E-state index contributed by atoms with van der Waals surface area (Å²) in [5, 5.41) is 5.75. The molecule has 0 saturated heterocycles. The van der Waals surface area contributed by atoms with Crippen molar-refractivity contribution in [1.82, 2.24) is 0 Å². The molecule has 0 aliphatic rings. The van der Waals surface area contributed by atoms with Crippen LogP contribution in [0, 0.1) is 0 Å². The first kappa shape index (κ1) is 11.3. The maximum absolute atomic E-state index is 6.28. The predicted molar refractivity (Wildman–Crippen MR) is 81.0 cm³/mol. The van der Waals surface area contributed by atoms with Crippen molar-refractivity contribution in [2.75, 3.05) is 0 Å². The van der Waals surface area contributed by atoms with Crippen LogP contribution in [0.3, 0.4) is 0 Å². The summed E-state index contributed by atoms with van der Waals surface area (Å²) in [5.41, 5.74) is 1.10. The van der Waals surface area contributed by atoms with Crippen LogP contribution < -0.4 is 0 Å². The Kier molecular flexibility index (Phi) is 2.81. The molecule has 0 spiro atoms. The summed E-state index contributed by atoms with van der Waals surface area (Å²) in [5.74, 6) is 0. The fourth-order valence-corrected chi connectivity index (χ4v) is 2.50. The lowest BCUT2D eigenvalue weighted by Crippen LogP contribution is -1.82. The Hall–Kier alpha value is -1.79. The van der Waals surface area contributed by atoms with E-state index < -0.39 is 0 Å². The molecule has 18 heavy (non-hydrogen) atoms. The van der Waals surface area contributed by atoms with Crippen LogP contribution in [-0.4, -0.2) is 0 Å². The van der Waals surface area contributed by atoms with E-state index in [2.05, 4.69) is 54.6 Å². The lowest BCUT2D eigenvalue weighted by atomic mass is 9.99. The molecular weight excluding hydrogens is 240 g/mol. The summed E-state index contributed by atoms with van der Waals surface area (Å²) < 4.78 is 0. The summed E-state index contributed by atoms with van der Waals surface area (Å²) in [4.78, 5) is 0. The van der Waals surface area contributed by atoms with E-state index in [0.29, 0.717) is 0 Å². The van der Waals surface area contributed by atoms with Crippen molar-refractivity contribution < 1.29 is 0 Å². The molecule has 0 amide bonds. The first-order valence-corrected chi connectivity index (χ1v) is 6.41. The van der Waals surface area contributed by atoms with Gasteiger partial charge in [0.1, 0.15) is 0 Å². The van der Waals surface area contributed by atoms with E-state index in [1.54, 1.807) is 0 Å². The average Bonchev–Trinajstić information content (AvgIpc) is 2.43.